The number of aromatic nitrogens is 3. The lowest BCUT2D eigenvalue weighted by Gasteiger charge is -2.00. The van der Waals surface area contributed by atoms with Crippen LogP contribution in [0.15, 0.2) is 30.6 Å². The van der Waals surface area contributed by atoms with Gasteiger partial charge in [-0.2, -0.15) is 0 Å². The minimum Gasteiger partial charge on any atom is -0.247 e. The SMILES string of the molecule is Clc1ccc(Cn2cnc(I)n2)cc1. The van der Waals surface area contributed by atoms with Crippen molar-refractivity contribution in [2.45, 2.75) is 6.54 Å². The molecule has 72 valence electrons. The van der Waals surface area contributed by atoms with Crippen LogP contribution in [0.5, 0.6) is 0 Å². The number of hydrogen-bond donors (Lipinski definition) is 0. The normalized spacial score (nSPS) is 10.4. The molecule has 2 aromatic rings. The van der Waals surface area contributed by atoms with E-state index in [1.165, 1.54) is 0 Å². The van der Waals surface area contributed by atoms with Gasteiger partial charge < -0.3 is 0 Å². The van der Waals surface area contributed by atoms with E-state index in [0.29, 0.717) is 0 Å². The standard InChI is InChI=1S/C9H7ClIN3/c10-8-3-1-7(2-4-8)5-14-6-12-9(11)13-14/h1-4,6H,5H2. The summed E-state index contributed by atoms with van der Waals surface area (Å²) < 4.78 is 2.56. The molecular weight excluding hydrogens is 312 g/mol. The van der Waals surface area contributed by atoms with Crippen LogP contribution in [0.4, 0.5) is 0 Å². The average Bonchev–Trinajstić information content (AvgIpc) is 2.56. The highest BCUT2D eigenvalue weighted by molar-refractivity contribution is 14.1. The first-order valence-electron chi connectivity index (χ1n) is 4.03. The van der Waals surface area contributed by atoms with Crippen LogP contribution in [0.1, 0.15) is 5.56 Å². The van der Waals surface area contributed by atoms with E-state index in [1.807, 2.05) is 24.3 Å². The van der Waals surface area contributed by atoms with Crippen molar-refractivity contribution in [3.05, 3.63) is 45.0 Å². The summed E-state index contributed by atoms with van der Waals surface area (Å²) in [7, 11) is 0. The van der Waals surface area contributed by atoms with Gasteiger partial charge in [0, 0.05) is 27.6 Å². The van der Waals surface area contributed by atoms with Gasteiger partial charge >= 0.3 is 0 Å². The van der Waals surface area contributed by atoms with E-state index in [-0.39, 0.29) is 0 Å². The van der Waals surface area contributed by atoms with Crippen molar-refractivity contribution in [3.63, 3.8) is 0 Å². The third-order valence-corrected chi connectivity index (χ3v) is 2.51. The van der Waals surface area contributed by atoms with Crippen LogP contribution in [-0.4, -0.2) is 14.8 Å². The molecule has 0 spiro atoms. The minimum absolute atomic E-state index is 0.729. The molecule has 0 atom stereocenters. The molecule has 0 aliphatic carbocycles. The minimum atomic E-state index is 0.729. The van der Waals surface area contributed by atoms with Crippen molar-refractivity contribution in [1.29, 1.82) is 0 Å². The van der Waals surface area contributed by atoms with Crippen molar-refractivity contribution >= 4 is 34.2 Å². The molecule has 0 bridgehead atoms. The highest BCUT2D eigenvalue weighted by Crippen LogP contribution is 2.10. The summed E-state index contributed by atoms with van der Waals surface area (Å²) >= 11 is 7.87. The quantitative estimate of drug-likeness (QED) is 0.797. The average molecular weight is 320 g/mol. The summed E-state index contributed by atoms with van der Waals surface area (Å²) in [5.74, 6) is 0. The van der Waals surface area contributed by atoms with Gasteiger partial charge in [-0.05, 0) is 17.7 Å². The Morgan fingerprint density at radius 1 is 1.29 bits per heavy atom. The molecule has 3 nitrogen and oxygen atoms in total. The molecule has 0 saturated carbocycles. The molecule has 0 saturated heterocycles. The van der Waals surface area contributed by atoms with E-state index in [1.54, 1.807) is 11.0 Å². The molecule has 1 heterocycles. The zero-order valence-electron chi connectivity index (χ0n) is 7.19. The molecule has 0 radical (unpaired) electrons. The fourth-order valence-electron chi connectivity index (χ4n) is 1.12. The first-order chi connectivity index (χ1) is 6.74. The Labute approximate surface area is 100 Å². The Hall–Kier alpha value is -0.620. The second kappa shape index (κ2) is 4.27. The maximum atomic E-state index is 5.78. The van der Waals surface area contributed by atoms with Gasteiger partial charge in [-0.15, -0.1) is 5.10 Å². The molecule has 0 aliphatic heterocycles. The van der Waals surface area contributed by atoms with Gasteiger partial charge in [0.1, 0.15) is 6.33 Å². The molecule has 2 rings (SSSR count). The summed E-state index contributed by atoms with van der Waals surface area (Å²) in [6.45, 7) is 0.729. The molecule has 14 heavy (non-hydrogen) atoms. The van der Waals surface area contributed by atoms with E-state index >= 15 is 0 Å². The molecule has 0 amide bonds. The molecule has 1 aromatic carbocycles. The van der Waals surface area contributed by atoms with Crippen LogP contribution in [-0.2, 0) is 6.54 Å². The van der Waals surface area contributed by atoms with E-state index < -0.39 is 0 Å². The predicted molar refractivity (Wildman–Crippen MR) is 63.3 cm³/mol. The van der Waals surface area contributed by atoms with Crippen LogP contribution >= 0.6 is 34.2 Å². The van der Waals surface area contributed by atoms with Crippen LogP contribution < -0.4 is 0 Å². The number of benzene rings is 1. The number of rotatable bonds is 2. The Balaban J connectivity index is 2.15. The highest BCUT2D eigenvalue weighted by Gasteiger charge is 1.98. The molecule has 0 fully saturated rings. The van der Waals surface area contributed by atoms with Crippen molar-refractivity contribution in [3.8, 4) is 0 Å². The largest absolute Gasteiger partial charge is 0.247 e. The highest BCUT2D eigenvalue weighted by atomic mass is 127. The zero-order valence-corrected chi connectivity index (χ0v) is 10.1. The lowest BCUT2D eigenvalue weighted by molar-refractivity contribution is 0.680. The fourth-order valence-corrected chi connectivity index (χ4v) is 1.65. The predicted octanol–water partition coefficient (Wildman–Crippen LogP) is 2.58. The van der Waals surface area contributed by atoms with Gasteiger partial charge in [-0.25, -0.2) is 9.67 Å². The maximum absolute atomic E-state index is 5.78. The molecule has 0 unspecified atom stereocenters. The van der Waals surface area contributed by atoms with Gasteiger partial charge in [0.25, 0.3) is 0 Å². The van der Waals surface area contributed by atoms with Crippen molar-refractivity contribution in [1.82, 2.24) is 14.8 Å². The monoisotopic (exact) mass is 319 g/mol. The first kappa shape index (κ1) is 9.92. The Morgan fingerprint density at radius 2 is 2.00 bits per heavy atom. The third-order valence-electron chi connectivity index (χ3n) is 1.77. The maximum Gasteiger partial charge on any atom is 0.211 e. The van der Waals surface area contributed by atoms with Crippen LogP contribution in [0.3, 0.4) is 0 Å². The molecule has 0 aliphatic rings. The Kier molecular flexibility index (Phi) is 3.02. The van der Waals surface area contributed by atoms with Gasteiger partial charge in [-0.3, -0.25) is 0 Å². The summed E-state index contributed by atoms with van der Waals surface area (Å²) in [5.41, 5.74) is 1.16. The van der Waals surface area contributed by atoms with Crippen LogP contribution in [0.25, 0.3) is 0 Å². The number of halogens is 2. The Bertz CT molecular complexity index is 424. The van der Waals surface area contributed by atoms with Gasteiger partial charge in [0.05, 0.1) is 6.54 Å². The van der Waals surface area contributed by atoms with E-state index in [9.17, 15) is 0 Å². The van der Waals surface area contributed by atoms with E-state index in [0.717, 1.165) is 21.0 Å². The second-order valence-electron chi connectivity index (χ2n) is 2.84. The summed E-state index contributed by atoms with van der Waals surface area (Å²) in [6, 6.07) is 7.71. The second-order valence-corrected chi connectivity index (χ2v) is 4.24. The van der Waals surface area contributed by atoms with E-state index in [2.05, 4.69) is 32.7 Å². The fraction of sp³-hybridized carbons (Fsp3) is 0.111. The summed E-state index contributed by atoms with van der Waals surface area (Å²) in [4.78, 5) is 4.04. The van der Waals surface area contributed by atoms with Gasteiger partial charge in [-0.1, -0.05) is 23.7 Å². The molecular formula is C9H7ClIN3. The molecule has 1 aromatic heterocycles. The van der Waals surface area contributed by atoms with Crippen molar-refractivity contribution in [2.75, 3.05) is 0 Å². The lowest BCUT2D eigenvalue weighted by Crippen LogP contribution is -1.99. The van der Waals surface area contributed by atoms with Crippen LogP contribution in [0.2, 0.25) is 5.02 Å². The van der Waals surface area contributed by atoms with E-state index in [4.69, 9.17) is 11.6 Å². The smallest absolute Gasteiger partial charge is 0.211 e. The summed E-state index contributed by atoms with van der Waals surface area (Å²) in [5, 5.41) is 4.94. The topological polar surface area (TPSA) is 30.7 Å². The number of nitrogens with zero attached hydrogens (tertiary/aromatic N) is 3. The van der Waals surface area contributed by atoms with Crippen molar-refractivity contribution < 1.29 is 0 Å². The third kappa shape index (κ3) is 2.45. The van der Waals surface area contributed by atoms with Gasteiger partial charge in [0.15, 0.2) is 0 Å². The molecule has 5 heteroatoms. The Morgan fingerprint density at radius 3 is 2.57 bits per heavy atom. The van der Waals surface area contributed by atoms with Crippen molar-refractivity contribution in [2.24, 2.45) is 0 Å². The summed E-state index contributed by atoms with van der Waals surface area (Å²) in [6.07, 6.45) is 1.72. The van der Waals surface area contributed by atoms with Gasteiger partial charge in [0.2, 0.25) is 3.83 Å². The van der Waals surface area contributed by atoms with Crippen LogP contribution in [0, 0.1) is 3.83 Å². The lowest BCUT2D eigenvalue weighted by atomic mass is 10.2. The molecule has 0 N–H and O–H groups in total. The zero-order chi connectivity index (χ0) is 9.97. The first-order valence-corrected chi connectivity index (χ1v) is 5.49. The number of hydrogen-bond acceptors (Lipinski definition) is 2.